The van der Waals surface area contributed by atoms with Crippen LogP contribution < -0.4 is 0 Å². The van der Waals surface area contributed by atoms with E-state index in [1.54, 1.807) is 12.1 Å². The first-order valence-corrected chi connectivity index (χ1v) is 5.92. The zero-order valence-corrected chi connectivity index (χ0v) is 9.88. The molecule has 0 amide bonds. The van der Waals surface area contributed by atoms with Gasteiger partial charge in [0.2, 0.25) is 0 Å². The van der Waals surface area contributed by atoms with Gasteiger partial charge in [-0.05, 0) is 35.1 Å². The number of hydrogen-bond donors (Lipinski definition) is 1. The largest absolute Gasteiger partial charge is 0.508 e. The predicted octanol–water partition coefficient (Wildman–Crippen LogP) is 3.53. The zero-order chi connectivity index (χ0) is 12.4. The van der Waals surface area contributed by atoms with Crippen molar-refractivity contribution in [2.45, 2.75) is 6.42 Å². The van der Waals surface area contributed by atoms with E-state index in [1.165, 1.54) is 16.5 Å². The van der Waals surface area contributed by atoms with Gasteiger partial charge < -0.3 is 5.11 Å². The summed E-state index contributed by atoms with van der Waals surface area (Å²) in [6.07, 6.45) is 4.62. The first kappa shape index (κ1) is 10.8. The van der Waals surface area contributed by atoms with Gasteiger partial charge in [-0.25, -0.2) is 0 Å². The van der Waals surface area contributed by atoms with Gasteiger partial charge in [-0.3, -0.25) is 4.98 Å². The fraction of sp³-hybridized carbons (Fsp3) is 0.0625. The van der Waals surface area contributed by atoms with Crippen molar-refractivity contribution in [2.75, 3.05) is 0 Å². The van der Waals surface area contributed by atoms with Gasteiger partial charge in [0.05, 0.1) is 0 Å². The Morgan fingerprint density at radius 2 is 1.67 bits per heavy atom. The quantitative estimate of drug-likeness (QED) is 0.737. The molecule has 0 radical (unpaired) electrons. The van der Waals surface area contributed by atoms with Gasteiger partial charge in [0.1, 0.15) is 5.75 Å². The van der Waals surface area contributed by atoms with Gasteiger partial charge >= 0.3 is 0 Å². The molecule has 88 valence electrons. The van der Waals surface area contributed by atoms with Crippen molar-refractivity contribution in [1.29, 1.82) is 0 Å². The molecule has 0 fully saturated rings. The topological polar surface area (TPSA) is 33.1 Å². The van der Waals surface area contributed by atoms with E-state index in [9.17, 15) is 5.11 Å². The van der Waals surface area contributed by atoms with Crippen molar-refractivity contribution in [3.8, 4) is 5.75 Å². The average molecular weight is 235 g/mol. The second-order valence-corrected chi connectivity index (χ2v) is 4.36. The van der Waals surface area contributed by atoms with Crippen LogP contribution in [0.5, 0.6) is 5.75 Å². The molecule has 0 spiro atoms. The van der Waals surface area contributed by atoms with Crippen LogP contribution in [-0.2, 0) is 6.42 Å². The fourth-order valence-corrected chi connectivity index (χ4v) is 2.15. The smallest absolute Gasteiger partial charge is 0.115 e. The minimum Gasteiger partial charge on any atom is -0.508 e. The molecular weight excluding hydrogens is 222 g/mol. The summed E-state index contributed by atoms with van der Waals surface area (Å²) >= 11 is 0. The molecule has 2 heteroatoms. The molecule has 0 bridgehead atoms. The Morgan fingerprint density at radius 1 is 0.889 bits per heavy atom. The molecule has 0 aliphatic rings. The lowest BCUT2D eigenvalue weighted by atomic mass is 10.0. The van der Waals surface area contributed by atoms with Gasteiger partial charge in [-0.15, -0.1) is 0 Å². The van der Waals surface area contributed by atoms with Crippen molar-refractivity contribution in [3.05, 3.63) is 72.1 Å². The molecule has 3 aromatic rings. The van der Waals surface area contributed by atoms with Crippen LogP contribution in [-0.4, -0.2) is 10.1 Å². The third kappa shape index (κ3) is 2.05. The molecule has 2 aromatic carbocycles. The summed E-state index contributed by atoms with van der Waals surface area (Å²) in [6.45, 7) is 0. The lowest BCUT2D eigenvalue weighted by molar-refractivity contribution is 0.475. The average Bonchev–Trinajstić information content (AvgIpc) is 2.42. The summed E-state index contributed by atoms with van der Waals surface area (Å²) in [7, 11) is 0. The minimum absolute atomic E-state index is 0.301. The highest BCUT2D eigenvalue weighted by atomic mass is 16.3. The van der Waals surface area contributed by atoms with Crippen LogP contribution in [0.1, 0.15) is 11.1 Å². The van der Waals surface area contributed by atoms with E-state index in [4.69, 9.17) is 0 Å². The van der Waals surface area contributed by atoms with Crippen LogP contribution in [0.3, 0.4) is 0 Å². The van der Waals surface area contributed by atoms with Crippen molar-refractivity contribution in [1.82, 2.24) is 4.98 Å². The van der Waals surface area contributed by atoms with E-state index in [1.807, 2.05) is 36.7 Å². The number of nitrogens with zero attached hydrogens (tertiary/aromatic N) is 1. The number of phenolic OH excluding ortho intramolecular Hbond substituents is 1. The van der Waals surface area contributed by atoms with Crippen LogP contribution in [0.15, 0.2) is 60.9 Å². The number of hydrogen-bond acceptors (Lipinski definition) is 2. The van der Waals surface area contributed by atoms with Crippen molar-refractivity contribution >= 4 is 10.8 Å². The highest BCUT2D eigenvalue weighted by molar-refractivity contribution is 5.84. The SMILES string of the molecule is Oc1ccc(Cc2cncc3ccccc23)cc1. The van der Waals surface area contributed by atoms with E-state index < -0.39 is 0 Å². The summed E-state index contributed by atoms with van der Waals surface area (Å²) in [5, 5.41) is 11.7. The molecule has 1 heterocycles. The standard InChI is InChI=1S/C16H13NO/c18-15-7-5-12(6-8-15)9-14-11-17-10-13-3-1-2-4-16(13)14/h1-8,10-11,18H,9H2. The Labute approximate surface area is 106 Å². The molecule has 3 rings (SSSR count). The van der Waals surface area contributed by atoms with Crippen LogP contribution >= 0.6 is 0 Å². The lowest BCUT2D eigenvalue weighted by Gasteiger charge is -2.06. The van der Waals surface area contributed by atoms with Gasteiger partial charge in [0.15, 0.2) is 0 Å². The van der Waals surface area contributed by atoms with E-state index >= 15 is 0 Å². The Bertz CT molecular complexity index is 669. The number of aromatic nitrogens is 1. The van der Waals surface area contributed by atoms with Gasteiger partial charge in [-0.2, -0.15) is 0 Å². The molecule has 0 saturated carbocycles. The summed E-state index contributed by atoms with van der Waals surface area (Å²) in [5.74, 6) is 0.301. The number of pyridine rings is 1. The molecular formula is C16H13NO. The molecule has 18 heavy (non-hydrogen) atoms. The Kier molecular flexibility index (Phi) is 2.69. The second kappa shape index (κ2) is 4.49. The van der Waals surface area contributed by atoms with Gasteiger partial charge in [0, 0.05) is 17.8 Å². The normalized spacial score (nSPS) is 10.7. The Morgan fingerprint density at radius 3 is 2.50 bits per heavy atom. The third-order valence-corrected chi connectivity index (χ3v) is 3.08. The van der Waals surface area contributed by atoms with Crippen molar-refractivity contribution < 1.29 is 5.11 Å². The monoisotopic (exact) mass is 235 g/mol. The highest BCUT2D eigenvalue weighted by Crippen LogP contribution is 2.20. The van der Waals surface area contributed by atoms with E-state index in [2.05, 4.69) is 17.1 Å². The van der Waals surface area contributed by atoms with Gasteiger partial charge in [-0.1, -0.05) is 36.4 Å². The molecule has 1 aromatic heterocycles. The van der Waals surface area contributed by atoms with Crippen LogP contribution in [0.25, 0.3) is 10.8 Å². The number of phenols is 1. The summed E-state index contributed by atoms with van der Waals surface area (Å²) in [4.78, 5) is 4.28. The van der Waals surface area contributed by atoms with Crippen LogP contribution in [0, 0.1) is 0 Å². The molecule has 0 unspecified atom stereocenters. The molecule has 0 aliphatic carbocycles. The maximum atomic E-state index is 9.28. The number of aromatic hydroxyl groups is 1. The van der Waals surface area contributed by atoms with E-state index in [0.29, 0.717) is 5.75 Å². The van der Waals surface area contributed by atoms with Crippen LogP contribution in [0.2, 0.25) is 0 Å². The molecule has 1 N–H and O–H groups in total. The Balaban J connectivity index is 2.02. The van der Waals surface area contributed by atoms with Gasteiger partial charge in [0.25, 0.3) is 0 Å². The molecule has 0 saturated heterocycles. The summed E-state index contributed by atoms with van der Waals surface area (Å²) in [6, 6.07) is 15.6. The third-order valence-electron chi connectivity index (χ3n) is 3.08. The van der Waals surface area contributed by atoms with Crippen LogP contribution in [0.4, 0.5) is 0 Å². The zero-order valence-electron chi connectivity index (χ0n) is 9.88. The van der Waals surface area contributed by atoms with E-state index in [-0.39, 0.29) is 0 Å². The summed E-state index contributed by atoms with van der Waals surface area (Å²) in [5.41, 5.74) is 2.38. The predicted molar refractivity (Wildman–Crippen MR) is 72.7 cm³/mol. The maximum Gasteiger partial charge on any atom is 0.115 e. The highest BCUT2D eigenvalue weighted by Gasteiger charge is 2.02. The number of benzene rings is 2. The minimum atomic E-state index is 0.301. The molecule has 0 atom stereocenters. The second-order valence-electron chi connectivity index (χ2n) is 4.36. The summed E-state index contributed by atoms with van der Waals surface area (Å²) < 4.78 is 0. The number of rotatable bonds is 2. The maximum absolute atomic E-state index is 9.28. The fourth-order valence-electron chi connectivity index (χ4n) is 2.15. The van der Waals surface area contributed by atoms with Crippen molar-refractivity contribution in [2.24, 2.45) is 0 Å². The number of fused-ring (bicyclic) bond motifs is 1. The first-order valence-electron chi connectivity index (χ1n) is 5.92. The lowest BCUT2D eigenvalue weighted by Crippen LogP contribution is -1.91. The van der Waals surface area contributed by atoms with Crippen molar-refractivity contribution in [3.63, 3.8) is 0 Å². The Hall–Kier alpha value is -2.35. The first-order chi connectivity index (χ1) is 8.83. The molecule has 2 nitrogen and oxygen atoms in total. The van der Waals surface area contributed by atoms with E-state index in [0.717, 1.165) is 11.8 Å². The molecule has 0 aliphatic heterocycles.